The van der Waals surface area contributed by atoms with Crippen LogP contribution in [-0.4, -0.2) is 48.3 Å². The van der Waals surface area contributed by atoms with Crippen LogP contribution in [0.15, 0.2) is 36.0 Å². The second-order valence-corrected chi connectivity index (χ2v) is 6.76. The zero-order valence-corrected chi connectivity index (χ0v) is 14.5. The van der Waals surface area contributed by atoms with Crippen molar-refractivity contribution in [3.8, 4) is 11.8 Å². The van der Waals surface area contributed by atoms with Crippen LogP contribution in [0.4, 0.5) is 0 Å². The number of hydrogen-bond acceptors (Lipinski definition) is 4. The summed E-state index contributed by atoms with van der Waals surface area (Å²) in [5.41, 5.74) is 1.21. The summed E-state index contributed by atoms with van der Waals surface area (Å²) in [7, 11) is 0. The van der Waals surface area contributed by atoms with Crippen LogP contribution in [0.2, 0.25) is 0 Å². The van der Waals surface area contributed by atoms with Gasteiger partial charge >= 0.3 is 5.97 Å². The zero-order valence-electron chi connectivity index (χ0n) is 14.5. The minimum absolute atomic E-state index is 0.214. The lowest BCUT2D eigenvalue weighted by molar-refractivity contribution is -0.151. The lowest BCUT2D eigenvalue weighted by atomic mass is 9.81. The summed E-state index contributed by atoms with van der Waals surface area (Å²) in [5.74, 6) is 5.99. The molecule has 4 nitrogen and oxygen atoms in total. The number of hydrogen-bond donors (Lipinski definition) is 0. The highest BCUT2D eigenvalue weighted by Gasteiger charge is 2.51. The van der Waals surface area contributed by atoms with E-state index in [0.29, 0.717) is 13.2 Å². The van der Waals surface area contributed by atoms with Gasteiger partial charge in [0.1, 0.15) is 6.61 Å². The van der Waals surface area contributed by atoms with Gasteiger partial charge in [-0.2, -0.15) is 0 Å². The van der Waals surface area contributed by atoms with Gasteiger partial charge in [0, 0.05) is 23.3 Å². The number of ether oxygens (including phenoxy) is 2. The highest BCUT2D eigenvalue weighted by Crippen LogP contribution is 2.44. The van der Waals surface area contributed by atoms with Gasteiger partial charge in [0.25, 0.3) is 0 Å². The van der Waals surface area contributed by atoms with E-state index in [0.717, 1.165) is 24.1 Å². The van der Waals surface area contributed by atoms with Crippen molar-refractivity contribution in [2.24, 2.45) is 0 Å². The van der Waals surface area contributed by atoms with Crippen LogP contribution < -0.4 is 0 Å². The maximum atomic E-state index is 12.0. The first-order valence-corrected chi connectivity index (χ1v) is 8.67. The second-order valence-electron chi connectivity index (χ2n) is 6.76. The van der Waals surface area contributed by atoms with Crippen LogP contribution in [-0.2, 0) is 14.3 Å². The third-order valence-corrected chi connectivity index (χ3v) is 5.14. The summed E-state index contributed by atoms with van der Waals surface area (Å²) in [6.45, 7) is 9.72. The fourth-order valence-electron chi connectivity index (χ4n) is 4.04. The predicted molar refractivity (Wildman–Crippen MR) is 93.3 cm³/mol. The van der Waals surface area contributed by atoms with Crippen molar-refractivity contribution in [1.29, 1.82) is 0 Å². The van der Waals surface area contributed by atoms with E-state index in [1.807, 2.05) is 6.92 Å². The lowest BCUT2D eigenvalue weighted by Gasteiger charge is -2.45. The topological polar surface area (TPSA) is 38.8 Å². The highest BCUT2D eigenvalue weighted by atomic mass is 16.6. The number of piperidine rings is 1. The average molecular weight is 327 g/mol. The minimum Gasteiger partial charge on any atom is -0.450 e. The maximum Gasteiger partial charge on any atom is 0.332 e. The van der Waals surface area contributed by atoms with Crippen LogP contribution in [0, 0.1) is 11.8 Å². The third-order valence-electron chi connectivity index (χ3n) is 5.14. The van der Waals surface area contributed by atoms with Crippen molar-refractivity contribution in [2.45, 2.75) is 50.8 Å². The molecule has 1 saturated heterocycles. The van der Waals surface area contributed by atoms with Crippen molar-refractivity contribution in [2.75, 3.05) is 19.8 Å². The molecule has 0 radical (unpaired) electrons. The standard InChI is InChI=1S/C20H25NO3/c1-4-11-23-12-7-8-16-13-15(2)21-10-6-5-9-18(21)20(3)17(16)14-19(22)24-20/h4,13-15,18H,1,5-6,9-12H2,2-3H3/t15-,18+,20-/m0/s1. The molecule has 0 spiro atoms. The van der Waals surface area contributed by atoms with Gasteiger partial charge in [0.2, 0.25) is 0 Å². The number of rotatable bonds is 3. The fraction of sp³-hybridized carbons (Fsp3) is 0.550. The summed E-state index contributed by atoms with van der Waals surface area (Å²) in [5, 5.41) is 0. The zero-order chi connectivity index (χ0) is 17.2. The molecule has 0 bridgehead atoms. The molecule has 0 unspecified atom stereocenters. The molecule has 0 aromatic rings. The summed E-state index contributed by atoms with van der Waals surface area (Å²) in [6, 6.07) is 0.488. The number of fused-ring (bicyclic) bond motifs is 3. The van der Waals surface area contributed by atoms with Gasteiger partial charge in [0.05, 0.1) is 12.6 Å². The van der Waals surface area contributed by atoms with E-state index in [-0.39, 0.29) is 18.1 Å². The Bertz CT molecular complexity index is 652. The molecule has 0 saturated carbocycles. The Labute approximate surface area is 144 Å². The maximum absolute atomic E-state index is 12.0. The van der Waals surface area contributed by atoms with Gasteiger partial charge in [-0.15, -0.1) is 6.58 Å². The Kier molecular flexibility index (Phi) is 4.93. The summed E-state index contributed by atoms with van der Waals surface area (Å²) >= 11 is 0. The average Bonchev–Trinajstić information content (AvgIpc) is 2.85. The molecule has 3 atom stereocenters. The Hall–Kier alpha value is -1.83. The molecule has 3 rings (SSSR count). The van der Waals surface area contributed by atoms with E-state index in [1.54, 1.807) is 12.2 Å². The van der Waals surface area contributed by atoms with Crippen molar-refractivity contribution >= 4 is 5.97 Å². The second kappa shape index (κ2) is 6.96. The smallest absolute Gasteiger partial charge is 0.332 e. The molecule has 1 fully saturated rings. The number of nitrogens with zero attached hydrogens (tertiary/aromatic N) is 1. The minimum atomic E-state index is -0.606. The molecular weight excluding hydrogens is 302 g/mol. The first kappa shape index (κ1) is 17.0. The predicted octanol–water partition coefficient (Wildman–Crippen LogP) is 2.62. The first-order valence-electron chi connectivity index (χ1n) is 8.67. The molecular formula is C20H25NO3. The lowest BCUT2D eigenvalue weighted by Crippen LogP contribution is -2.55. The first-order chi connectivity index (χ1) is 11.6. The molecule has 0 amide bonds. The Morgan fingerprint density at radius 1 is 1.54 bits per heavy atom. The van der Waals surface area contributed by atoms with E-state index in [2.05, 4.69) is 36.3 Å². The van der Waals surface area contributed by atoms with Gasteiger partial charge in [0.15, 0.2) is 5.60 Å². The van der Waals surface area contributed by atoms with Crippen LogP contribution in [0.5, 0.6) is 0 Å². The van der Waals surface area contributed by atoms with Gasteiger partial charge in [-0.3, -0.25) is 4.90 Å². The van der Waals surface area contributed by atoms with Crippen LogP contribution in [0.25, 0.3) is 0 Å². The van der Waals surface area contributed by atoms with Crippen molar-refractivity contribution in [3.05, 3.63) is 36.0 Å². The van der Waals surface area contributed by atoms with E-state index in [1.165, 1.54) is 12.8 Å². The summed E-state index contributed by atoms with van der Waals surface area (Å²) < 4.78 is 11.1. The molecule has 128 valence electrons. The molecule has 0 N–H and O–H groups in total. The molecule has 3 heterocycles. The molecule has 3 aliphatic rings. The van der Waals surface area contributed by atoms with Crippen LogP contribution >= 0.6 is 0 Å². The van der Waals surface area contributed by atoms with E-state index in [9.17, 15) is 4.79 Å². The van der Waals surface area contributed by atoms with Gasteiger partial charge in [-0.25, -0.2) is 4.79 Å². The third kappa shape index (κ3) is 3.07. The number of carbonyl (C=O) groups excluding carboxylic acids is 1. The molecule has 4 heteroatoms. The van der Waals surface area contributed by atoms with Crippen LogP contribution in [0.1, 0.15) is 33.1 Å². The highest BCUT2D eigenvalue weighted by molar-refractivity contribution is 5.89. The molecule has 24 heavy (non-hydrogen) atoms. The summed E-state index contributed by atoms with van der Waals surface area (Å²) in [4.78, 5) is 14.5. The Morgan fingerprint density at radius 3 is 3.17 bits per heavy atom. The van der Waals surface area contributed by atoms with Crippen molar-refractivity contribution in [1.82, 2.24) is 4.90 Å². The van der Waals surface area contributed by atoms with E-state index >= 15 is 0 Å². The van der Waals surface area contributed by atoms with Gasteiger partial charge in [-0.05, 0) is 33.2 Å². The Morgan fingerprint density at radius 2 is 2.38 bits per heavy atom. The summed E-state index contributed by atoms with van der Waals surface area (Å²) in [6.07, 6.45) is 8.89. The van der Waals surface area contributed by atoms with E-state index < -0.39 is 5.60 Å². The van der Waals surface area contributed by atoms with Crippen molar-refractivity contribution in [3.63, 3.8) is 0 Å². The largest absolute Gasteiger partial charge is 0.450 e. The number of esters is 1. The molecule has 3 aliphatic heterocycles. The molecule has 0 aromatic carbocycles. The quantitative estimate of drug-likeness (QED) is 0.346. The normalized spacial score (nSPS) is 32.3. The number of carbonyl (C=O) groups is 1. The van der Waals surface area contributed by atoms with Crippen molar-refractivity contribution < 1.29 is 14.3 Å². The van der Waals surface area contributed by atoms with Gasteiger partial charge in [-0.1, -0.05) is 30.4 Å². The molecule has 0 aromatic heterocycles. The van der Waals surface area contributed by atoms with E-state index in [4.69, 9.17) is 9.47 Å². The monoisotopic (exact) mass is 327 g/mol. The molecule has 0 aliphatic carbocycles. The fourth-order valence-corrected chi connectivity index (χ4v) is 4.04. The van der Waals surface area contributed by atoms with Gasteiger partial charge < -0.3 is 9.47 Å². The SMILES string of the molecule is C=CCOCC#CC1=C[C@H](C)N2CCCC[C@@H]2[C@@]2(C)OC(=O)C=C12. The van der Waals surface area contributed by atoms with Crippen LogP contribution in [0.3, 0.4) is 0 Å². The Balaban J connectivity index is 1.93.